The molecule has 1 aliphatic rings. The number of piperidine rings is 1. The zero-order valence-corrected chi connectivity index (χ0v) is 13.0. The molecule has 1 aliphatic heterocycles. The maximum Gasteiger partial charge on any atom is 0.270 e. The Hall–Kier alpha value is -2.98. The van der Waals surface area contributed by atoms with Crippen molar-refractivity contribution in [1.29, 1.82) is 5.26 Å². The molecule has 0 radical (unpaired) electrons. The fourth-order valence-electron chi connectivity index (χ4n) is 2.71. The first kappa shape index (κ1) is 15.9. The molecular weight excluding hydrogens is 306 g/mol. The molecule has 0 aromatic carbocycles. The molecule has 7 heteroatoms. The molecule has 2 atom stereocenters. The number of nitriles is 1. The van der Waals surface area contributed by atoms with Crippen LogP contribution in [0.2, 0.25) is 0 Å². The fourth-order valence-corrected chi connectivity index (χ4v) is 2.71. The molecule has 3 heterocycles. The number of hydrogen-bond acceptors (Lipinski definition) is 6. The van der Waals surface area contributed by atoms with E-state index in [0.29, 0.717) is 36.6 Å². The van der Waals surface area contributed by atoms with E-state index in [0.717, 1.165) is 0 Å². The standard InChI is InChI=1S/C17H17N5O2/c18-10-12-4-7-20-16(9-12)22-8-5-13(15(23)11-22)21-17(24)14-3-1-2-6-19-14/h1-4,6-7,9,13,15,23H,5,8,11H2,(H,21,24)/t13-,15-/m1/s1. The van der Waals surface area contributed by atoms with E-state index in [1.165, 1.54) is 0 Å². The number of amides is 1. The van der Waals surface area contributed by atoms with E-state index in [1.54, 1.807) is 42.7 Å². The van der Waals surface area contributed by atoms with E-state index >= 15 is 0 Å². The van der Waals surface area contributed by atoms with Gasteiger partial charge in [0.15, 0.2) is 0 Å². The Labute approximate surface area is 139 Å². The van der Waals surface area contributed by atoms with E-state index < -0.39 is 6.10 Å². The lowest BCUT2D eigenvalue weighted by atomic mass is 10.0. The van der Waals surface area contributed by atoms with Crippen LogP contribution in [-0.2, 0) is 0 Å². The molecule has 0 aliphatic carbocycles. The summed E-state index contributed by atoms with van der Waals surface area (Å²) >= 11 is 0. The minimum absolute atomic E-state index is 0.294. The molecule has 122 valence electrons. The SMILES string of the molecule is N#Cc1ccnc(N2CC[C@@H](NC(=O)c3ccccn3)[C@H](O)C2)c1. The number of β-amino-alcohol motifs (C(OH)–C–C–N with tert-alkyl or cyclic N) is 1. The Kier molecular flexibility index (Phi) is 4.68. The van der Waals surface area contributed by atoms with Gasteiger partial charge in [-0.15, -0.1) is 0 Å². The van der Waals surface area contributed by atoms with Crippen molar-refractivity contribution in [3.8, 4) is 6.07 Å². The van der Waals surface area contributed by atoms with Crippen LogP contribution in [0.25, 0.3) is 0 Å². The topological polar surface area (TPSA) is 102 Å². The fraction of sp³-hybridized carbons (Fsp3) is 0.294. The summed E-state index contributed by atoms with van der Waals surface area (Å²) in [5.74, 6) is 0.361. The monoisotopic (exact) mass is 323 g/mol. The van der Waals surface area contributed by atoms with Crippen LogP contribution >= 0.6 is 0 Å². The Morgan fingerprint density at radius 1 is 1.33 bits per heavy atom. The van der Waals surface area contributed by atoms with Gasteiger partial charge in [0.1, 0.15) is 11.5 Å². The van der Waals surface area contributed by atoms with Gasteiger partial charge in [0, 0.05) is 25.5 Å². The molecule has 1 fully saturated rings. The van der Waals surface area contributed by atoms with Crippen molar-refractivity contribution in [1.82, 2.24) is 15.3 Å². The van der Waals surface area contributed by atoms with Gasteiger partial charge in [-0.3, -0.25) is 9.78 Å². The zero-order chi connectivity index (χ0) is 16.9. The van der Waals surface area contributed by atoms with E-state index in [1.807, 2.05) is 4.90 Å². The van der Waals surface area contributed by atoms with Gasteiger partial charge in [0.05, 0.1) is 23.8 Å². The lowest BCUT2D eigenvalue weighted by molar-refractivity contribution is 0.0793. The van der Waals surface area contributed by atoms with Crippen LogP contribution in [0.4, 0.5) is 5.82 Å². The van der Waals surface area contributed by atoms with Crippen LogP contribution in [0.15, 0.2) is 42.7 Å². The van der Waals surface area contributed by atoms with Crippen LogP contribution in [0.5, 0.6) is 0 Å². The highest BCUT2D eigenvalue weighted by Crippen LogP contribution is 2.19. The van der Waals surface area contributed by atoms with Gasteiger partial charge in [-0.25, -0.2) is 4.98 Å². The van der Waals surface area contributed by atoms with E-state index in [2.05, 4.69) is 21.4 Å². The van der Waals surface area contributed by atoms with Gasteiger partial charge in [-0.05, 0) is 30.7 Å². The normalized spacial score (nSPS) is 20.2. The molecule has 7 nitrogen and oxygen atoms in total. The quantitative estimate of drug-likeness (QED) is 0.863. The smallest absolute Gasteiger partial charge is 0.270 e. The van der Waals surface area contributed by atoms with Gasteiger partial charge in [-0.2, -0.15) is 5.26 Å². The predicted molar refractivity (Wildman–Crippen MR) is 87.3 cm³/mol. The second-order valence-electron chi connectivity index (χ2n) is 5.61. The highest BCUT2D eigenvalue weighted by molar-refractivity contribution is 5.92. The van der Waals surface area contributed by atoms with Crippen molar-refractivity contribution in [2.24, 2.45) is 0 Å². The summed E-state index contributed by atoms with van der Waals surface area (Å²) in [5.41, 5.74) is 0.857. The Morgan fingerprint density at radius 3 is 2.92 bits per heavy atom. The summed E-state index contributed by atoms with van der Waals surface area (Å²) in [6.07, 6.45) is 2.99. The second-order valence-corrected chi connectivity index (χ2v) is 5.61. The van der Waals surface area contributed by atoms with Crippen molar-refractivity contribution in [3.63, 3.8) is 0 Å². The number of anilines is 1. The number of aliphatic hydroxyl groups is 1. The number of aliphatic hydroxyl groups excluding tert-OH is 1. The first-order valence-electron chi connectivity index (χ1n) is 7.68. The van der Waals surface area contributed by atoms with Crippen LogP contribution in [-0.4, -0.2) is 46.2 Å². The van der Waals surface area contributed by atoms with Gasteiger partial charge < -0.3 is 15.3 Å². The molecule has 0 unspecified atom stereocenters. The Balaban J connectivity index is 1.63. The molecule has 3 rings (SSSR count). The average molecular weight is 323 g/mol. The lowest BCUT2D eigenvalue weighted by Gasteiger charge is -2.36. The minimum atomic E-state index is -0.723. The molecule has 0 bridgehead atoms. The number of rotatable bonds is 3. The number of carbonyl (C=O) groups is 1. The van der Waals surface area contributed by atoms with Crippen molar-refractivity contribution < 1.29 is 9.90 Å². The van der Waals surface area contributed by atoms with Gasteiger partial charge in [0.25, 0.3) is 5.91 Å². The summed E-state index contributed by atoms with van der Waals surface area (Å²) in [6, 6.07) is 10.2. The molecule has 1 saturated heterocycles. The summed E-state index contributed by atoms with van der Waals surface area (Å²) in [5, 5.41) is 22.1. The molecule has 0 saturated carbocycles. The second kappa shape index (κ2) is 7.06. The third kappa shape index (κ3) is 3.50. The molecule has 2 aromatic heterocycles. The number of pyridine rings is 2. The number of nitrogens with one attached hydrogen (secondary N) is 1. The molecule has 1 amide bonds. The van der Waals surface area contributed by atoms with E-state index in [9.17, 15) is 9.90 Å². The number of hydrogen-bond donors (Lipinski definition) is 2. The average Bonchev–Trinajstić information content (AvgIpc) is 2.64. The summed E-state index contributed by atoms with van der Waals surface area (Å²) < 4.78 is 0. The largest absolute Gasteiger partial charge is 0.389 e. The summed E-state index contributed by atoms with van der Waals surface area (Å²) in [6.45, 7) is 0.973. The third-order valence-corrected chi connectivity index (χ3v) is 3.99. The predicted octanol–water partition coefficient (Wildman–Crippen LogP) is 0.718. The molecule has 2 aromatic rings. The zero-order valence-electron chi connectivity index (χ0n) is 13.0. The number of carbonyl (C=O) groups excluding carboxylic acids is 1. The van der Waals surface area contributed by atoms with Crippen molar-refractivity contribution in [2.45, 2.75) is 18.6 Å². The minimum Gasteiger partial charge on any atom is -0.389 e. The van der Waals surface area contributed by atoms with Crippen LogP contribution in [0.3, 0.4) is 0 Å². The van der Waals surface area contributed by atoms with Gasteiger partial charge >= 0.3 is 0 Å². The van der Waals surface area contributed by atoms with Crippen molar-refractivity contribution in [3.05, 3.63) is 54.0 Å². The van der Waals surface area contributed by atoms with Crippen LogP contribution < -0.4 is 10.2 Å². The highest BCUT2D eigenvalue weighted by Gasteiger charge is 2.30. The first-order chi connectivity index (χ1) is 11.7. The van der Waals surface area contributed by atoms with Gasteiger partial charge in [-0.1, -0.05) is 6.07 Å². The van der Waals surface area contributed by atoms with Gasteiger partial charge in [0.2, 0.25) is 0 Å². The third-order valence-electron chi connectivity index (χ3n) is 3.99. The Morgan fingerprint density at radius 2 is 2.21 bits per heavy atom. The number of nitrogens with zero attached hydrogens (tertiary/aromatic N) is 4. The maximum absolute atomic E-state index is 12.1. The first-order valence-corrected chi connectivity index (χ1v) is 7.68. The highest BCUT2D eigenvalue weighted by atomic mass is 16.3. The van der Waals surface area contributed by atoms with E-state index in [-0.39, 0.29) is 11.9 Å². The maximum atomic E-state index is 12.1. The van der Waals surface area contributed by atoms with Crippen molar-refractivity contribution in [2.75, 3.05) is 18.0 Å². The van der Waals surface area contributed by atoms with E-state index in [4.69, 9.17) is 5.26 Å². The summed E-state index contributed by atoms with van der Waals surface area (Å²) in [4.78, 5) is 22.3. The molecule has 2 N–H and O–H groups in total. The molecule has 0 spiro atoms. The van der Waals surface area contributed by atoms with Crippen LogP contribution in [0, 0.1) is 11.3 Å². The van der Waals surface area contributed by atoms with Crippen molar-refractivity contribution >= 4 is 11.7 Å². The number of aromatic nitrogens is 2. The lowest BCUT2D eigenvalue weighted by Crippen LogP contribution is -2.54. The molecular formula is C17H17N5O2. The Bertz CT molecular complexity index is 759. The van der Waals surface area contributed by atoms with Crippen LogP contribution in [0.1, 0.15) is 22.5 Å². The summed E-state index contributed by atoms with van der Waals surface area (Å²) in [7, 11) is 0. The molecule has 24 heavy (non-hydrogen) atoms.